The fourth-order valence-electron chi connectivity index (χ4n) is 2.06. The van der Waals surface area contributed by atoms with Crippen molar-refractivity contribution in [2.24, 2.45) is 0 Å². The van der Waals surface area contributed by atoms with Gasteiger partial charge in [0.1, 0.15) is 0 Å². The zero-order chi connectivity index (χ0) is 13.2. The van der Waals surface area contributed by atoms with Crippen LogP contribution in [-0.4, -0.2) is 27.5 Å². The number of nitriles is 1. The van der Waals surface area contributed by atoms with Crippen LogP contribution in [0.1, 0.15) is 17.5 Å². The Bertz CT molecular complexity index is 584. The van der Waals surface area contributed by atoms with Gasteiger partial charge in [-0.05, 0) is 43.7 Å². The van der Waals surface area contributed by atoms with Crippen molar-refractivity contribution in [3.05, 3.63) is 29.3 Å². The molecule has 1 aliphatic rings. The van der Waals surface area contributed by atoms with Crippen molar-refractivity contribution in [3.63, 3.8) is 0 Å². The van der Waals surface area contributed by atoms with E-state index in [0.29, 0.717) is 17.7 Å². The van der Waals surface area contributed by atoms with E-state index in [9.17, 15) is 8.42 Å². The van der Waals surface area contributed by atoms with E-state index in [4.69, 9.17) is 5.26 Å². The lowest BCUT2D eigenvalue weighted by molar-refractivity contribution is 0.559. The first-order valence-corrected chi connectivity index (χ1v) is 7.25. The molecule has 96 valence electrons. The second-order valence-corrected chi connectivity index (χ2v) is 6.09. The molecule has 0 spiro atoms. The third kappa shape index (κ3) is 2.70. The van der Waals surface area contributed by atoms with Gasteiger partial charge in [-0.2, -0.15) is 5.26 Å². The van der Waals surface area contributed by atoms with Crippen LogP contribution in [0.2, 0.25) is 0 Å². The number of sulfonamides is 1. The Hall–Kier alpha value is -1.42. The van der Waals surface area contributed by atoms with Gasteiger partial charge in [0.15, 0.2) is 0 Å². The van der Waals surface area contributed by atoms with Crippen molar-refractivity contribution in [1.82, 2.24) is 10.0 Å². The maximum Gasteiger partial charge on any atom is 0.241 e. The quantitative estimate of drug-likeness (QED) is 0.834. The molecule has 1 atom stereocenters. The third-order valence-corrected chi connectivity index (χ3v) is 4.66. The van der Waals surface area contributed by atoms with E-state index in [1.807, 2.05) is 6.07 Å². The van der Waals surface area contributed by atoms with Crippen molar-refractivity contribution in [2.45, 2.75) is 24.3 Å². The molecule has 0 unspecified atom stereocenters. The molecule has 2 rings (SSSR count). The predicted molar refractivity (Wildman–Crippen MR) is 67.5 cm³/mol. The first kappa shape index (κ1) is 13.0. The third-order valence-electron chi connectivity index (χ3n) is 2.98. The minimum atomic E-state index is -3.50. The molecule has 0 radical (unpaired) electrons. The molecule has 0 bridgehead atoms. The number of aryl methyl sites for hydroxylation is 1. The Morgan fingerprint density at radius 3 is 2.83 bits per heavy atom. The van der Waals surface area contributed by atoms with Gasteiger partial charge in [0.05, 0.1) is 16.5 Å². The van der Waals surface area contributed by atoms with Gasteiger partial charge in [0.25, 0.3) is 0 Å². The highest BCUT2D eigenvalue weighted by molar-refractivity contribution is 7.89. The smallest absolute Gasteiger partial charge is 0.241 e. The summed E-state index contributed by atoms with van der Waals surface area (Å²) in [5.74, 6) is 0. The molecule has 18 heavy (non-hydrogen) atoms. The molecule has 0 aliphatic carbocycles. The largest absolute Gasteiger partial charge is 0.315 e. The highest BCUT2D eigenvalue weighted by Crippen LogP contribution is 2.17. The molecule has 0 aromatic heterocycles. The van der Waals surface area contributed by atoms with Crippen LogP contribution in [0.5, 0.6) is 0 Å². The SMILES string of the molecule is Cc1cc(C#N)ccc1S(=O)(=O)N[C@@H]1CCNC1. The Balaban J connectivity index is 2.27. The molecule has 2 N–H and O–H groups in total. The van der Waals surface area contributed by atoms with Crippen LogP contribution in [0, 0.1) is 18.3 Å². The number of hydrogen-bond donors (Lipinski definition) is 2. The Labute approximate surface area is 107 Å². The van der Waals surface area contributed by atoms with Gasteiger partial charge >= 0.3 is 0 Å². The molecule has 5 nitrogen and oxygen atoms in total. The number of rotatable bonds is 3. The first-order valence-electron chi connectivity index (χ1n) is 5.77. The highest BCUT2D eigenvalue weighted by Gasteiger charge is 2.23. The first-order chi connectivity index (χ1) is 8.53. The maximum atomic E-state index is 12.2. The second-order valence-electron chi connectivity index (χ2n) is 4.40. The Morgan fingerprint density at radius 1 is 1.50 bits per heavy atom. The van der Waals surface area contributed by atoms with Gasteiger partial charge in [0.2, 0.25) is 10.0 Å². The summed E-state index contributed by atoms with van der Waals surface area (Å²) in [6.45, 7) is 3.19. The summed E-state index contributed by atoms with van der Waals surface area (Å²) >= 11 is 0. The van der Waals surface area contributed by atoms with Crippen LogP contribution in [0.25, 0.3) is 0 Å². The topological polar surface area (TPSA) is 82.0 Å². The van der Waals surface area contributed by atoms with Gasteiger partial charge in [0, 0.05) is 12.6 Å². The van der Waals surface area contributed by atoms with Crippen molar-refractivity contribution < 1.29 is 8.42 Å². The van der Waals surface area contributed by atoms with E-state index >= 15 is 0 Å². The minimum Gasteiger partial charge on any atom is -0.315 e. The summed E-state index contributed by atoms with van der Waals surface area (Å²) in [5.41, 5.74) is 1.06. The Kier molecular flexibility index (Phi) is 3.66. The lowest BCUT2D eigenvalue weighted by Crippen LogP contribution is -2.36. The Morgan fingerprint density at radius 2 is 2.28 bits per heavy atom. The molecule has 6 heteroatoms. The standard InChI is InChI=1S/C12H15N3O2S/c1-9-6-10(7-13)2-3-12(9)18(16,17)15-11-4-5-14-8-11/h2-3,6,11,14-15H,4-5,8H2,1H3/t11-/m1/s1. The van der Waals surface area contributed by atoms with Crippen molar-refractivity contribution in [1.29, 1.82) is 5.26 Å². The average molecular weight is 265 g/mol. The molecule has 0 saturated carbocycles. The monoisotopic (exact) mass is 265 g/mol. The normalized spacial score (nSPS) is 19.7. The highest BCUT2D eigenvalue weighted by atomic mass is 32.2. The van der Waals surface area contributed by atoms with Crippen LogP contribution in [0.4, 0.5) is 0 Å². The van der Waals surface area contributed by atoms with Crippen LogP contribution in [-0.2, 0) is 10.0 Å². The van der Waals surface area contributed by atoms with Crippen LogP contribution < -0.4 is 10.0 Å². The van der Waals surface area contributed by atoms with Crippen LogP contribution >= 0.6 is 0 Å². The fourth-order valence-corrected chi connectivity index (χ4v) is 3.56. The molecule has 1 aromatic carbocycles. The summed E-state index contributed by atoms with van der Waals surface area (Å²) in [6, 6.07) is 6.54. The van der Waals surface area contributed by atoms with Crippen molar-refractivity contribution in [3.8, 4) is 6.07 Å². The van der Waals surface area contributed by atoms with E-state index in [1.165, 1.54) is 12.1 Å². The minimum absolute atomic E-state index is 0.0509. The summed E-state index contributed by atoms with van der Waals surface area (Å²) in [5, 5.41) is 11.9. The zero-order valence-electron chi connectivity index (χ0n) is 10.1. The second kappa shape index (κ2) is 5.06. The van der Waals surface area contributed by atoms with Gasteiger partial charge in [-0.15, -0.1) is 0 Å². The number of nitrogens with one attached hydrogen (secondary N) is 2. The summed E-state index contributed by atoms with van der Waals surface area (Å²) in [4.78, 5) is 0.244. The lowest BCUT2D eigenvalue weighted by atomic mass is 10.2. The molecular weight excluding hydrogens is 250 g/mol. The number of benzene rings is 1. The fraction of sp³-hybridized carbons (Fsp3) is 0.417. The van der Waals surface area contributed by atoms with Gasteiger partial charge < -0.3 is 5.32 Å². The van der Waals surface area contributed by atoms with Crippen LogP contribution in [0.15, 0.2) is 23.1 Å². The summed E-state index contributed by atoms with van der Waals surface area (Å²) in [6.07, 6.45) is 0.800. The lowest BCUT2D eigenvalue weighted by Gasteiger charge is -2.13. The van der Waals surface area contributed by atoms with Crippen LogP contribution in [0.3, 0.4) is 0 Å². The van der Waals surface area contributed by atoms with Crippen molar-refractivity contribution >= 4 is 10.0 Å². The molecule has 1 aromatic rings. The summed E-state index contributed by atoms with van der Waals surface area (Å²) < 4.78 is 27.1. The zero-order valence-corrected chi connectivity index (χ0v) is 10.9. The van der Waals surface area contributed by atoms with E-state index < -0.39 is 10.0 Å². The molecule has 0 amide bonds. The van der Waals surface area contributed by atoms with E-state index in [2.05, 4.69) is 10.0 Å². The summed E-state index contributed by atoms with van der Waals surface area (Å²) in [7, 11) is -3.50. The number of hydrogen-bond acceptors (Lipinski definition) is 4. The van der Waals surface area contributed by atoms with Gasteiger partial charge in [-0.1, -0.05) is 0 Å². The number of nitrogens with zero attached hydrogens (tertiary/aromatic N) is 1. The van der Waals surface area contributed by atoms with Gasteiger partial charge in [-0.3, -0.25) is 0 Å². The van der Waals surface area contributed by atoms with E-state index in [-0.39, 0.29) is 10.9 Å². The molecular formula is C12H15N3O2S. The van der Waals surface area contributed by atoms with E-state index in [1.54, 1.807) is 13.0 Å². The predicted octanol–water partition coefficient (Wildman–Crippen LogP) is 0.507. The maximum absolute atomic E-state index is 12.2. The molecule has 1 aliphatic heterocycles. The molecule has 1 saturated heterocycles. The van der Waals surface area contributed by atoms with E-state index in [0.717, 1.165) is 13.0 Å². The molecule has 1 fully saturated rings. The van der Waals surface area contributed by atoms with Gasteiger partial charge in [-0.25, -0.2) is 13.1 Å². The average Bonchev–Trinajstić information content (AvgIpc) is 2.80. The van der Waals surface area contributed by atoms with Crippen molar-refractivity contribution in [2.75, 3.05) is 13.1 Å². The molecule has 1 heterocycles.